The van der Waals surface area contributed by atoms with E-state index in [0.29, 0.717) is 32.4 Å². The summed E-state index contributed by atoms with van der Waals surface area (Å²) in [5.41, 5.74) is 0.905. The summed E-state index contributed by atoms with van der Waals surface area (Å²) in [4.78, 5) is 11.7. The van der Waals surface area contributed by atoms with Gasteiger partial charge in [-0.2, -0.15) is 0 Å². The van der Waals surface area contributed by atoms with Crippen LogP contribution in [0.5, 0.6) is 0 Å². The minimum Gasteiger partial charge on any atom is -0.396 e. The molecule has 7 heteroatoms. The lowest BCUT2D eigenvalue weighted by Crippen LogP contribution is -2.25. The minimum absolute atomic E-state index is 0.0576. The van der Waals surface area contributed by atoms with Crippen molar-refractivity contribution in [2.45, 2.75) is 31.1 Å². The number of carbonyl (C=O) groups is 1. The van der Waals surface area contributed by atoms with Crippen LogP contribution in [-0.2, 0) is 21.2 Å². The van der Waals surface area contributed by atoms with Crippen molar-refractivity contribution < 1.29 is 18.3 Å². The van der Waals surface area contributed by atoms with Gasteiger partial charge in [0.1, 0.15) is 0 Å². The van der Waals surface area contributed by atoms with Crippen LogP contribution in [0.25, 0.3) is 0 Å². The molecule has 6 nitrogen and oxygen atoms in total. The second-order valence-electron chi connectivity index (χ2n) is 4.57. The second kappa shape index (κ2) is 8.76. The molecule has 0 spiro atoms. The molecule has 0 saturated carbocycles. The number of hydrogen-bond acceptors (Lipinski definition) is 4. The minimum atomic E-state index is -3.43. The molecule has 1 aromatic carbocycles. The molecule has 0 bridgehead atoms. The van der Waals surface area contributed by atoms with Crippen molar-refractivity contribution in [2.75, 3.05) is 19.7 Å². The van der Waals surface area contributed by atoms with Gasteiger partial charge in [0, 0.05) is 26.1 Å². The highest BCUT2D eigenvalue weighted by molar-refractivity contribution is 7.89. The molecule has 118 valence electrons. The number of aliphatic hydroxyl groups excluding tert-OH is 1. The van der Waals surface area contributed by atoms with E-state index in [1.807, 2.05) is 0 Å². The van der Waals surface area contributed by atoms with Gasteiger partial charge in [-0.1, -0.05) is 19.1 Å². The summed E-state index contributed by atoms with van der Waals surface area (Å²) in [6, 6.07) is 6.50. The van der Waals surface area contributed by atoms with Crippen molar-refractivity contribution in [1.82, 2.24) is 10.0 Å². The van der Waals surface area contributed by atoms with E-state index in [1.165, 1.54) is 12.1 Å². The fraction of sp³-hybridized carbons (Fsp3) is 0.500. The summed E-state index contributed by atoms with van der Waals surface area (Å²) in [6.07, 6.45) is 1.43. The lowest BCUT2D eigenvalue weighted by Gasteiger charge is -2.06. The van der Waals surface area contributed by atoms with E-state index in [4.69, 9.17) is 5.11 Å². The molecule has 0 aliphatic rings. The van der Waals surface area contributed by atoms with E-state index < -0.39 is 10.0 Å². The van der Waals surface area contributed by atoms with Gasteiger partial charge < -0.3 is 10.4 Å². The second-order valence-corrected chi connectivity index (χ2v) is 6.34. The third-order valence-electron chi connectivity index (χ3n) is 2.87. The molecule has 0 unspecified atom stereocenters. The lowest BCUT2D eigenvalue weighted by atomic mass is 10.1. The Kier molecular flexibility index (Phi) is 7.35. The Morgan fingerprint density at radius 2 is 1.90 bits per heavy atom. The van der Waals surface area contributed by atoms with Gasteiger partial charge >= 0.3 is 0 Å². The number of sulfonamides is 1. The average molecular weight is 314 g/mol. The van der Waals surface area contributed by atoms with Crippen LogP contribution in [0.3, 0.4) is 0 Å². The molecule has 0 heterocycles. The Balaban J connectivity index is 2.50. The number of amides is 1. The number of hydrogen-bond donors (Lipinski definition) is 3. The maximum atomic E-state index is 11.8. The molecule has 0 aliphatic heterocycles. The fourth-order valence-electron chi connectivity index (χ4n) is 1.76. The summed E-state index contributed by atoms with van der Waals surface area (Å²) in [6.45, 7) is 2.59. The average Bonchev–Trinajstić information content (AvgIpc) is 2.46. The number of aryl methyl sites for hydroxylation is 1. The Labute approximate surface area is 125 Å². The molecule has 1 aromatic rings. The van der Waals surface area contributed by atoms with Crippen LogP contribution in [0, 0.1) is 0 Å². The summed E-state index contributed by atoms with van der Waals surface area (Å²) in [7, 11) is -3.43. The van der Waals surface area contributed by atoms with Crippen molar-refractivity contribution in [3.8, 4) is 0 Å². The topological polar surface area (TPSA) is 95.5 Å². The first kappa shape index (κ1) is 17.6. The third-order valence-corrected chi connectivity index (χ3v) is 4.43. The van der Waals surface area contributed by atoms with E-state index in [0.717, 1.165) is 5.56 Å². The highest BCUT2D eigenvalue weighted by Crippen LogP contribution is 2.11. The molecule has 0 radical (unpaired) electrons. The van der Waals surface area contributed by atoms with Crippen LogP contribution in [-0.4, -0.2) is 39.1 Å². The molecule has 1 amide bonds. The Morgan fingerprint density at radius 3 is 2.48 bits per heavy atom. The summed E-state index contributed by atoms with van der Waals surface area (Å²) in [5.74, 6) is -0.0761. The van der Waals surface area contributed by atoms with Gasteiger partial charge in [0.05, 0.1) is 4.90 Å². The van der Waals surface area contributed by atoms with E-state index in [2.05, 4.69) is 10.0 Å². The Morgan fingerprint density at radius 1 is 1.24 bits per heavy atom. The maximum Gasteiger partial charge on any atom is 0.240 e. The smallest absolute Gasteiger partial charge is 0.240 e. The fourth-order valence-corrected chi connectivity index (χ4v) is 2.80. The molecule has 3 N–H and O–H groups in total. The van der Waals surface area contributed by atoms with Gasteiger partial charge in [-0.25, -0.2) is 13.1 Å². The number of nitrogens with one attached hydrogen (secondary N) is 2. The number of carbonyl (C=O) groups excluding carboxylic acids is 1. The number of benzene rings is 1. The maximum absolute atomic E-state index is 11.8. The highest BCUT2D eigenvalue weighted by Gasteiger charge is 2.12. The van der Waals surface area contributed by atoms with Gasteiger partial charge in [0.25, 0.3) is 0 Å². The molecule has 21 heavy (non-hydrogen) atoms. The van der Waals surface area contributed by atoms with Crippen molar-refractivity contribution in [3.05, 3.63) is 29.8 Å². The van der Waals surface area contributed by atoms with Crippen molar-refractivity contribution in [1.29, 1.82) is 0 Å². The lowest BCUT2D eigenvalue weighted by molar-refractivity contribution is -0.121. The molecule has 0 fully saturated rings. The van der Waals surface area contributed by atoms with E-state index in [1.54, 1.807) is 19.1 Å². The Bertz CT molecular complexity index is 541. The quantitative estimate of drug-likeness (QED) is 0.576. The SMILES string of the molecule is CCNS(=O)(=O)c1ccc(CCC(=O)NCCCO)cc1. The largest absolute Gasteiger partial charge is 0.396 e. The third kappa shape index (κ3) is 6.24. The number of aliphatic hydroxyl groups is 1. The molecular weight excluding hydrogens is 292 g/mol. The highest BCUT2D eigenvalue weighted by atomic mass is 32.2. The standard InChI is InChI=1S/C14H22N2O4S/c1-2-16-21(19,20)13-7-4-12(5-8-13)6-9-14(18)15-10-3-11-17/h4-5,7-8,16-17H,2-3,6,9-11H2,1H3,(H,15,18). The van der Waals surface area contributed by atoms with Crippen LogP contribution in [0.1, 0.15) is 25.3 Å². The van der Waals surface area contributed by atoms with Crippen LogP contribution < -0.4 is 10.0 Å². The Hall–Kier alpha value is -1.44. The van der Waals surface area contributed by atoms with Crippen LogP contribution >= 0.6 is 0 Å². The summed E-state index contributed by atoms with van der Waals surface area (Å²) in [5, 5.41) is 11.3. The summed E-state index contributed by atoms with van der Waals surface area (Å²) < 4.78 is 25.9. The zero-order valence-corrected chi connectivity index (χ0v) is 12.9. The van der Waals surface area contributed by atoms with Gasteiger partial charge in [-0.05, 0) is 30.5 Å². The summed E-state index contributed by atoms with van der Waals surface area (Å²) >= 11 is 0. The van der Waals surface area contributed by atoms with Gasteiger partial charge in [-0.15, -0.1) is 0 Å². The van der Waals surface area contributed by atoms with E-state index in [9.17, 15) is 13.2 Å². The predicted octanol–water partition coefficient (Wildman–Crippen LogP) is 0.416. The van der Waals surface area contributed by atoms with Gasteiger partial charge in [0.15, 0.2) is 0 Å². The number of rotatable bonds is 9. The molecular formula is C14H22N2O4S. The van der Waals surface area contributed by atoms with Crippen LogP contribution in [0.2, 0.25) is 0 Å². The molecule has 0 aliphatic carbocycles. The zero-order chi connectivity index (χ0) is 15.7. The van der Waals surface area contributed by atoms with Crippen molar-refractivity contribution in [3.63, 3.8) is 0 Å². The van der Waals surface area contributed by atoms with Crippen LogP contribution in [0.4, 0.5) is 0 Å². The van der Waals surface area contributed by atoms with Crippen LogP contribution in [0.15, 0.2) is 29.2 Å². The monoisotopic (exact) mass is 314 g/mol. The van der Waals surface area contributed by atoms with Crippen molar-refractivity contribution in [2.24, 2.45) is 0 Å². The first-order valence-electron chi connectivity index (χ1n) is 6.95. The predicted molar refractivity (Wildman–Crippen MR) is 80.3 cm³/mol. The molecule has 0 saturated heterocycles. The normalized spacial score (nSPS) is 11.3. The van der Waals surface area contributed by atoms with Crippen molar-refractivity contribution >= 4 is 15.9 Å². The van der Waals surface area contributed by atoms with E-state index in [-0.39, 0.29) is 17.4 Å². The zero-order valence-electron chi connectivity index (χ0n) is 12.1. The first-order chi connectivity index (χ1) is 9.99. The van der Waals surface area contributed by atoms with Gasteiger partial charge in [-0.3, -0.25) is 4.79 Å². The molecule has 0 atom stereocenters. The van der Waals surface area contributed by atoms with Gasteiger partial charge in [0.2, 0.25) is 15.9 Å². The molecule has 0 aromatic heterocycles. The first-order valence-corrected chi connectivity index (χ1v) is 8.44. The molecule has 1 rings (SSSR count). The van der Waals surface area contributed by atoms with E-state index >= 15 is 0 Å².